The fourth-order valence-electron chi connectivity index (χ4n) is 2.58. The molecule has 0 N–H and O–H groups in total. The minimum Gasteiger partial charge on any atom is -0.466 e. The first-order chi connectivity index (χ1) is 11.3. The molecule has 0 unspecified atom stereocenters. The Morgan fingerprint density at radius 2 is 1.83 bits per heavy atom. The van der Waals surface area contributed by atoms with Crippen LogP contribution in [0, 0.1) is 0 Å². The first-order valence-corrected chi connectivity index (χ1v) is 8.39. The molecule has 126 valence electrons. The molecule has 0 aromatic heterocycles. The molecule has 0 amide bonds. The fraction of sp³-hybridized carbons (Fsp3) is 0.526. The summed E-state index contributed by atoms with van der Waals surface area (Å²) < 4.78 is 16.0. The highest BCUT2D eigenvalue weighted by molar-refractivity contribution is 5.73. The zero-order valence-electron chi connectivity index (χ0n) is 13.9. The molecular formula is C19H26O4. The Hall–Kier alpha value is -1.65. The summed E-state index contributed by atoms with van der Waals surface area (Å²) >= 11 is 0. The second-order valence-electron chi connectivity index (χ2n) is 5.53. The van der Waals surface area contributed by atoms with Gasteiger partial charge in [0.25, 0.3) is 0 Å². The minimum atomic E-state index is -0.177. The molecule has 0 aliphatic carbocycles. The molecule has 2 rings (SSSR count). The van der Waals surface area contributed by atoms with Crippen molar-refractivity contribution in [2.75, 3.05) is 33.0 Å². The highest BCUT2D eigenvalue weighted by Crippen LogP contribution is 2.22. The Bertz CT molecular complexity index is 505. The largest absolute Gasteiger partial charge is 0.466 e. The van der Waals surface area contributed by atoms with E-state index in [1.807, 2.05) is 19.1 Å². The van der Waals surface area contributed by atoms with Crippen LogP contribution in [0.4, 0.5) is 0 Å². The summed E-state index contributed by atoms with van der Waals surface area (Å²) in [6.07, 6.45) is 5.51. The van der Waals surface area contributed by atoms with Gasteiger partial charge in [-0.3, -0.25) is 4.79 Å². The maximum atomic E-state index is 11.5. The highest BCUT2D eigenvalue weighted by atomic mass is 16.5. The van der Waals surface area contributed by atoms with E-state index in [9.17, 15) is 4.79 Å². The third-order valence-electron chi connectivity index (χ3n) is 3.74. The average Bonchev–Trinajstić information content (AvgIpc) is 2.61. The summed E-state index contributed by atoms with van der Waals surface area (Å²) in [5.41, 5.74) is 3.51. The summed E-state index contributed by atoms with van der Waals surface area (Å²) in [4.78, 5) is 11.5. The van der Waals surface area contributed by atoms with Crippen LogP contribution in [0.1, 0.15) is 37.3 Å². The molecule has 4 heteroatoms. The van der Waals surface area contributed by atoms with E-state index in [-0.39, 0.29) is 5.97 Å². The van der Waals surface area contributed by atoms with Gasteiger partial charge in [-0.05, 0) is 42.9 Å². The standard InChI is InChI=1S/C19H26O4/c1-2-23-19(20)15-16-7-9-18(10-8-16)17-5-3-11-21-13-14-22-12-4-6-17/h5,7-10H,2-4,6,11-15H2,1H3. The second kappa shape index (κ2) is 10.2. The molecule has 1 aromatic rings. The van der Waals surface area contributed by atoms with Crippen molar-refractivity contribution >= 4 is 11.5 Å². The Labute approximate surface area is 138 Å². The van der Waals surface area contributed by atoms with Crippen LogP contribution < -0.4 is 0 Å². The van der Waals surface area contributed by atoms with Crippen molar-refractivity contribution in [1.29, 1.82) is 0 Å². The van der Waals surface area contributed by atoms with Crippen molar-refractivity contribution in [3.8, 4) is 0 Å². The van der Waals surface area contributed by atoms with E-state index in [0.717, 1.165) is 38.0 Å². The zero-order chi connectivity index (χ0) is 16.3. The SMILES string of the molecule is CCOC(=O)Cc1ccc(C2=CCCOCCOCCC2)cc1. The summed E-state index contributed by atoms with van der Waals surface area (Å²) in [5.74, 6) is -0.177. The number of benzene rings is 1. The Balaban J connectivity index is 1.99. The molecule has 4 nitrogen and oxygen atoms in total. The van der Waals surface area contributed by atoms with E-state index in [1.165, 1.54) is 11.1 Å². The van der Waals surface area contributed by atoms with Crippen LogP contribution in [0.15, 0.2) is 30.3 Å². The van der Waals surface area contributed by atoms with E-state index in [2.05, 4.69) is 18.2 Å². The van der Waals surface area contributed by atoms with Gasteiger partial charge < -0.3 is 14.2 Å². The van der Waals surface area contributed by atoms with Gasteiger partial charge in [0, 0.05) is 6.61 Å². The molecule has 0 bridgehead atoms. The smallest absolute Gasteiger partial charge is 0.310 e. The lowest BCUT2D eigenvalue weighted by atomic mass is 9.98. The molecular weight excluding hydrogens is 292 g/mol. The number of ether oxygens (including phenoxy) is 3. The fourth-order valence-corrected chi connectivity index (χ4v) is 2.58. The van der Waals surface area contributed by atoms with Crippen LogP contribution in [0.25, 0.3) is 5.57 Å². The third-order valence-corrected chi connectivity index (χ3v) is 3.74. The van der Waals surface area contributed by atoms with Crippen molar-refractivity contribution in [3.63, 3.8) is 0 Å². The van der Waals surface area contributed by atoms with Gasteiger partial charge >= 0.3 is 5.97 Å². The van der Waals surface area contributed by atoms with Crippen molar-refractivity contribution in [2.45, 2.75) is 32.6 Å². The molecule has 1 aliphatic heterocycles. The normalized spacial score (nSPS) is 17.0. The number of carbonyl (C=O) groups excluding carboxylic acids is 1. The molecule has 23 heavy (non-hydrogen) atoms. The molecule has 0 radical (unpaired) electrons. The summed E-state index contributed by atoms with van der Waals surface area (Å²) in [7, 11) is 0. The van der Waals surface area contributed by atoms with Crippen LogP contribution in [0.3, 0.4) is 0 Å². The van der Waals surface area contributed by atoms with E-state index >= 15 is 0 Å². The van der Waals surface area contributed by atoms with Gasteiger partial charge in [-0.2, -0.15) is 0 Å². The van der Waals surface area contributed by atoms with Crippen LogP contribution >= 0.6 is 0 Å². The summed E-state index contributed by atoms with van der Waals surface area (Å²) in [6.45, 7) is 5.09. The maximum absolute atomic E-state index is 11.5. The Morgan fingerprint density at radius 3 is 2.57 bits per heavy atom. The zero-order valence-corrected chi connectivity index (χ0v) is 13.9. The van der Waals surface area contributed by atoms with Crippen molar-refractivity contribution < 1.29 is 19.0 Å². The van der Waals surface area contributed by atoms with Gasteiger partial charge in [0.05, 0.1) is 32.8 Å². The number of esters is 1. The van der Waals surface area contributed by atoms with E-state index < -0.39 is 0 Å². The predicted octanol–water partition coefficient (Wildman–Crippen LogP) is 3.39. The van der Waals surface area contributed by atoms with Gasteiger partial charge in [-0.15, -0.1) is 0 Å². The van der Waals surface area contributed by atoms with Crippen molar-refractivity contribution in [2.24, 2.45) is 0 Å². The quantitative estimate of drug-likeness (QED) is 0.798. The van der Waals surface area contributed by atoms with Crippen LogP contribution in [0.2, 0.25) is 0 Å². The third kappa shape index (κ3) is 6.55. The number of carbonyl (C=O) groups is 1. The predicted molar refractivity (Wildman–Crippen MR) is 90.2 cm³/mol. The Morgan fingerprint density at radius 1 is 1.09 bits per heavy atom. The van der Waals surface area contributed by atoms with Crippen LogP contribution in [0.5, 0.6) is 0 Å². The lowest BCUT2D eigenvalue weighted by Crippen LogP contribution is -2.07. The topological polar surface area (TPSA) is 44.8 Å². The average molecular weight is 318 g/mol. The monoisotopic (exact) mass is 318 g/mol. The molecule has 0 saturated heterocycles. The minimum absolute atomic E-state index is 0.177. The van der Waals surface area contributed by atoms with E-state index in [1.54, 1.807) is 0 Å². The van der Waals surface area contributed by atoms with E-state index in [0.29, 0.717) is 26.2 Å². The van der Waals surface area contributed by atoms with Crippen LogP contribution in [-0.2, 0) is 25.4 Å². The van der Waals surface area contributed by atoms with Crippen molar-refractivity contribution in [1.82, 2.24) is 0 Å². The second-order valence-corrected chi connectivity index (χ2v) is 5.53. The van der Waals surface area contributed by atoms with Gasteiger partial charge in [-0.1, -0.05) is 30.3 Å². The van der Waals surface area contributed by atoms with E-state index in [4.69, 9.17) is 14.2 Å². The number of allylic oxidation sites excluding steroid dienone is 1. The van der Waals surface area contributed by atoms with Gasteiger partial charge in [0.2, 0.25) is 0 Å². The number of rotatable bonds is 4. The lowest BCUT2D eigenvalue weighted by Gasteiger charge is -2.09. The molecule has 0 atom stereocenters. The molecule has 0 spiro atoms. The first kappa shape index (κ1) is 17.7. The molecule has 0 saturated carbocycles. The van der Waals surface area contributed by atoms with Crippen molar-refractivity contribution in [3.05, 3.63) is 41.5 Å². The highest BCUT2D eigenvalue weighted by Gasteiger charge is 2.07. The summed E-state index contributed by atoms with van der Waals surface area (Å²) in [6, 6.07) is 8.18. The maximum Gasteiger partial charge on any atom is 0.310 e. The molecule has 1 aliphatic rings. The molecule has 0 fully saturated rings. The van der Waals surface area contributed by atoms with Gasteiger partial charge in [0.15, 0.2) is 0 Å². The Kier molecular flexibility index (Phi) is 7.84. The number of hydrogen-bond donors (Lipinski definition) is 0. The van der Waals surface area contributed by atoms with Gasteiger partial charge in [-0.25, -0.2) is 0 Å². The lowest BCUT2D eigenvalue weighted by molar-refractivity contribution is -0.142. The molecule has 1 heterocycles. The van der Waals surface area contributed by atoms with Crippen LogP contribution in [-0.4, -0.2) is 39.0 Å². The molecule has 1 aromatic carbocycles. The van der Waals surface area contributed by atoms with Gasteiger partial charge in [0.1, 0.15) is 0 Å². The first-order valence-electron chi connectivity index (χ1n) is 8.39. The summed E-state index contributed by atoms with van der Waals surface area (Å²) in [5, 5.41) is 0. The number of hydrogen-bond acceptors (Lipinski definition) is 4.